The SMILES string of the molecule is CCCC(N)c1cn(CC(C)(O)c2ccccc2)nn1. The molecule has 20 heavy (non-hydrogen) atoms. The highest BCUT2D eigenvalue weighted by atomic mass is 16.3. The van der Waals surface area contributed by atoms with E-state index in [0.717, 1.165) is 24.1 Å². The van der Waals surface area contributed by atoms with Crippen molar-refractivity contribution in [3.63, 3.8) is 0 Å². The summed E-state index contributed by atoms with van der Waals surface area (Å²) >= 11 is 0. The first-order valence-electron chi connectivity index (χ1n) is 6.96. The smallest absolute Gasteiger partial charge is 0.106 e. The van der Waals surface area contributed by atoms with Crippen molar-refractivity contribution in [3.05, 3.63) is 47.8 Å². The van der Waals surface area contributed by atoms with Gasteiger partial charge in [0.2, 0.25) is 0 Å². The van der Waals surface area contributed by atoms with Crippen molar-refractivity contribution in [1.29, 1.82) is 0 Å². The minimum atomic E-state index is -0.985. The summed E-state index contributed by atoms with van der Waals surface area (Å²) in [5.74, 6) is 0. The van der Waals surface area contributed by atoms with Crippen LogP contribution in [-0.2, 0) is 12.1 Å². The Morgan fingerprint density at radius 2 is 2.05 bits per heavy atom. The number of aliphatic hydroxyl groups is 1. The van der Waals surface area contributed by atoms with Crippen LogP contribution in [0.25, 0.3) is 0 Å². The van der Waals surface area contributed by atoms with E-state index >= 15 is 0 Å². The van der Waals surface area contributed by atoms with E-state index in [1.165, 1.54) is 0 Å². The number of benzene rings is 1. The second-order valence-corrected chi connectivity index (χ2v) is 5.38. The van der Waals surface area contributed by atoms with Gasteiger partial charge in [0.25, 0.3) is 0 Å². The fourth-order valence-corrected chi connectivity index (χ4v) is 2.22. The third-order valence-electron chi connectivity index (χ3n) is 3.40. The lowest BCUT2D eigenvalue weighted by molar-refractivity contribution is 0.0341. The second-order valence-electron chi connectivity index (χ2n) is 5.38. The molecule has 0 aliphatic rings. The molecule has 0 saturated heterocycles. The zero-order valence-electron chi connectivity index (χ0n) is 12.0. The van der Waals surface area contributed by atoms with Crippen molar-refractivity contribution in [2.24, 2.45) is 5.73 Å². The molecule has 2 unspecified atom stereocenters. The topological polar surface area (TPSA) is 77.0 Å². The maximum Gasteiger partial charge on any atom is 0.106 e. The monoisotopic (exact) mass is 274 g/mol. The second kappa shape index (κ2) is 6.15. The van der Waals surface area contributed by atoms with Gasteiger partial charge in [-0.05, 0) is 18.9 Å². The molecule has 0 amide bonds. The normalized spacial score (nSPS) is 15.8. The van der Waals surface area contributed by atoms with Gasteiger partial charge in [-0.3, -0.25) is 0 Å². The van der Waals surface area contributed by atoms with Crippen LogP contribution in [0.1, 0.15) is 44.0 Å². The van der Waals surface area contributed by atoms with Crippen LogP contribution in [-0.4, -0.2) is 20.1 Å². The van der Waals surface area contributed by atoms with Gasteiger partial charge in [0.05, 0.1) is 24.5 Å². The average Bonchev–Trinajstić information content (AvgIpc) is 2.88. The van der Waals surface area contributed by atoms with E-state index in [-0.39, 0.29) is 6.04 Å². The highest BCUT2D eigenvalue weighted by Gasteiger charge is 2.24. The van der Waals surface area contributed by atoms with E-state index < -0.39 is 5.60 Å². The van der Waals surface area contributed by atoms with Crippen LogP contribution in [0.3, 0.4) is 0 Å². The fraction of sp³-hybridized carbons (Fsp3) is 0.467. The number of nitrogens with two attached hydrogens (primary N) is 1. The Labute approximate surface area is 119 Å². The molecule has 0 spiro atoms. The van der Waals surface area contributed by atoms with Crippen LogP contribution in [0.5, 0.6) is 0 Å². The molecule has 0 aliphatic heterocycles. The van der Waals surface area contributed by atoms with E-state index in [9.17, 15) is 5.11 Å². The Morgan fingerprint density at radius 1 is 1.35 bits per heavy atom. The standard InChI is InChI=1S/C15H22N4O/c1-3-7-13(16)14-10-19(18-17-14)11-15(2,20)12-8-5-4-6-9-12/h4-6,8-10,13,20H,3,7,11,16H2,1-2H3. The molecular formula is C15H22N4O. The third kappa shape index (κ3) is 3.43. The van der Waals surface area contributed by atoms with Crippen LogP contribution >= 0.6 is 0 Å². The predicted molar refractivity (Wildman–Crippen MR) is 77.9 cm³/mol. The molecular weight excluding hydrogens is 252 g/mol. The van der Waals surface area contributed by atoms with Crippen molar-refractivity contribution in [3.8, 4) is 0 Å². The van der Waals surface area contributed by atoms with E-state index in [2.05, 4.69) is 17.2 Å². The Hall–Kier alpha value is -1.72. The molecule has 108 valence electrons. The van der Waals surface area contributed by atoms with Gasteiger partial charge in [0.15, 0.2) is 0 Å². The van der Waals surface area contributed by atoms with E-state index in [1.54, 1.807) is 11.6 Å². The summed E-state index contributed by atoms with van der Waals surface area (Å²) in [4.78, 5) is 0. The number of hydrogen-bond acceptors (Lipinski definition) is 4. The molecule has 0 saturated carbocycles. The summed E-state index contributed by atoms with van der Waals surface area (Å²) in [6, 6.07) is 9.47. The molecule has 0 aliphatic carbocycles. The van der Waals surface area contributed by atoms with Crippen molar-refractivity contribution >= 4 is 0 Å². The van der Waals surface area contributed by atoms with E-state index in [1.807, 2.05) is 36.5 Å². The van der Waals surface area contributed by atoms with Gasteiger partial charge in [0, 0.05) is 0 Å². The van der Waals surface area contributed by atoms with Crippen molar-refractivity contribution in [1.82, 2.24) is 15.0 Å². The summed E-state index contributed by atoms with van der Waals surface area (Å²) in [6.07, 6.45) is 3.71. The molecule has 5 heteroatoms. The molecule has 0 radical (unpaired) electrons. The van der Waals surface area contributed by atoms with E-state index in [4.69, 9.17) is 5.73 Å². The van der Waals surface area contributed by atoms with Crippen LogP contribution < -0.4 is 5.73 Å². The quantitative estimate of drug-likeness (QED) is 0.844. The van der Waals surface area contributed by atoms with Crippen LogP contribution in [0.4, 0.5) is 0 Å². The molecule has 0 bridgehead atoms. The number of hydrogen-bond donors (Lipinski definition) is 2. The summed E-state index contributed by atoms with van der Waals surface area (Å²) in [5, 5.41) is 18.7. The van der Waals surface area contributed by atoms with E-state index in [0.29, 0.717) is 6.54 Å². The maximum absolute atomic E-state index is 10.6. The number of rotatable bonds is 6. The molecule has 3 N–H and O–H groups in total. The van der Waals surface area contributed by atoms with Crippen LogP contribution in [0.2, 0.25) is 0 Å². The fourth-order valence-electron chi connectivity index (χ4n) is 2.22. The minimum absolute atomic E-state index is 0.0876. The molecule has 2 atom stereocenters. The van der Waals surface area contributed by atoms with Gasteiger partial charge in [0.1, 0.15) is 5.60 Å². The predicted octanol–water partition coefficient (Wildman–Crippen LogP) is 1.99. The zero-order chi connectivity index (χ0) is 14.6. The van der Waals surface area contributed by atoms with Crippen molar-refractivity contribution in [2.75, 3.05) is 0 Å². The van der Waals surface area contributed by atoms with Gasteiger partial charge < -0.3 is 10.8 Å². The van der Waals surface area contributed by atoms with Crippen molar-refractivity contribution in [2.45, 2.75) is 44.9 Å². The summed E-state index contributed by atoms with van der Waals surface area (Å²) in [5.41, 5.74) is 6.66. The maximum atomic E-state index is 10.6. The summed E-state index contributed by atoms with van der Waals surface area (Å²) in [6.45, 7) is 4.21. The molecule has 2 rings (SSSR count). The van der Waals surface area contributed by atoms with Gasteiger partial charge in [-0.1, -0.05) is 48.9 Å². The Kier molecular flexibility index (Phi) is 4.52. The third-order valence-corrected chi connectivity index (χ3v) is 3.40. The Morgan fingerprint density at radius 3 is 2.70 bits per heavy atom. The molecule has 1 aromatic heterocycles. The summed E-state index contributed by atoms with van der Waals surface area (Å²) < 4.78 is 1.65. The highest BCUT2D eigenvalue weighted by molar-refractivity contribution is 5.21. The first-order valence-corrected chi connectivity index (χ1v) is 6.96. The molecule has 2 aromatic rings. The summed E-state index contributed by atoms with van der Waals surface area (Å²) in [7, 11) is 0. The molecule has 5 nitrogen and oxygen atoms in total. The first kappa shape index (κ1) is 14.7. The lowest BCUT2D eigenvalue weighted by Crippen LogP contribution is -2.28. The van der Waals surface area contributed by atoms with Crippen LogP contribution in [0, 0.1) is 0 Å². The molecule has 1 heterocycles. The Balaban J connectivity index is 2.10. The lowest BCUT2D eigenvalue weighted by atomic mass is 9.96. The highest BCUT2D eigenvalue weighted by Crippen LogP contribution is 2.22. The minimum Gasteiger partial charge on any atom is -0.384 e. The van der Waals surface area contributed by atoms with Gasteiger partial charge in [-0.2, -0.15) is 0 Å². The molecule has 0 fully saturated rings. The lowest BCUT2D eigenvalue weighted by Gasteiger charge is -2.23. The number of nitrogens with zero attached hydrogens (tertiary/aromatic N) is 3. The Bertz CT molecular complexity index is 536. The average molecular weight is 274 g/mol. The van der Waals surface area contributed by atoms with Crippen molar-refractivity contribution < 1.29 is 5.11 Å². The van der Waals surface area contributed by atoms with Gasteiger partial charge >= 0.3 is 0 Å². The van der Waals surface area contributed by atoms with Gasteiger partial charge in [-0.25, -0.2) is 4.68 Å². The molecule has 1 aromatic carbocycles. The zero-order valence-corrected chi connectivity index (χ0v) is 12.0. The number of aromatic nitrogens is 3. The van der Waals surface area contributed by atoms with Crippen LogP contribution in [0.15, 0.2) is 36.5 Å². The first-order chi connectivity index (χ1) is 9.53. The van der Waals surface area contributed by atoms with Gasteiger partial charge in [-0.15, -0.1) is 5.10 Å². The largest absolute Gasteiger partial charge is 0.384 e.